The smallest absolute Gasteiger partial charge is 0.251 e. The maximum Gasteiger partial charge on any atom is 0.251 e. The molecule has 1 N–H and O–H groups in total. The summed E-state index contributed by atoms with van der Waals surface area (Å²) in [7, 11) is 1.64. The number of nitrogens with one attached hydrogen (secondary N) is 1. The van der Waals surface area contributed by atoms with Crippen molar-refractivity contribution in [3.8, 4) is 5.75 Å². The van der Waals surface area contributed by atoms with Gasteiger partial charge in [0.25, 0.3) is 5.91 Å². The first kappa shape index (κ1) is 19.7. The fraction of sp³-hybridized carbons (Fsp3) is 0.200. The highest BCUT2D eigenvalue weighted by atomic mass is 16.5. The predicted octanol–water partition coefficient (Wildman–Crippen LogP) is 4.89. The number of aryl methyl sites for hydroxylation is 1. The van der Waals surface area contributed by atoms with Crippen LogP contribution in [0.15, 0.2) is 72.9 Å². The molecule has 152 valence electrons. The van der Waals surface area contributed by atoms with Gasteiger partial charge in [-0.3, -0.25) is 9.48 Å². The van der Waals surface area contributed by atoms with Crippen LogP contribution in [0.5, 0.6) is 5.75 Å². The van der Waals surface area contributed by atoms with E-state index in [0.717, 1.165) is 22.2 Å². The summed E-state index contributed by atoms with van der Waals surface area (Å²) >= 11 is 0. The van der Waals surface area contributed by atoms with E-state index in [-0.39, 0.29) is 11.9 Å². The third kappa shape index (κ3) is 4.20. The lowest BCUT2D eigenvalue weighted by atomic mass is 10.1. The van der Waals surface area contributed by atoms with Crippen LogP contribution < -0.4 is 10.1 Å². The summed E-state index contributed by atoms with van der Waals surface area (Å²) in [6.07, 6.45) is 1.84. The monoisotopic (exact) mass is 399 g/mol. The van der Waals surface area contributed by atoms with Gasteiger partial charge in [-0.05, 0) is 49.2 Å². The average molecular weight is 399 g/mol. The van der Waals surface area contributed by atoms with E-state index in [9.17, 15) is 4.79 Å². The summed E-state index contributed by atoms with van der Waals surface area (Å²) < 4.78 is 7.13. The minimum atomic E-state index is -0.114. The number of amides is 1. The molecule has 1 atom stereocenters. The quantitative estimate of drug-likeness (QED) is 0.502. The van der Waals surface area contributed by atoms with Gasteiger partial charge in [0, 0.05) is 10.9 Å². The van der Waals surface area contributed by atoms with Gasteiger partial charge in [0.1, 0.15) is 5.75 Å². The minimum Gasteiger partial charge on any atom is -0.497 e. The van der Waals surface area contributed by atoms with Crippen molar-refractivity contribution in [2.24, 2.45) is 0 Å². The second-order valence-electron chi connectivity index (χ2n) is 7.53. The summed E-state index contributed by atoms with van der Waals surface area (Å²) in [4.78, 5) is 12.9. The number of hydrogen-bond donors (Lipinski definition) is 1. The number of methoxy groups -OCH3 is 1. The zero-order chi connectivity index (χ0) is 21.1. The zero-order valence-corrected chi connectivity index (χ0v) is 17.4. The highest BCUT2D eigenvalue weighted by molar-refractivity contribution is 5.98. The molecule has 5 nitrogen and oxygen atoms in total. The van der Waals surface area contributed by atoms with Crippen LogP contribution in [-0.4, -0.2) is 22.8 Å². The van der Waals surface area contributed by atoms with Crippen molar-refractivity contribution in [1.29, 1.82) is 0 Å². The first-order valence-electron chi connectivity index (χ1n) is 9.99. The number of carbonyl (C=O) groups excluding carboxylic acids is 1. The Bertz CT molecular complexity index is 1160. The molecule has 1 amide bonds. The maximum atomic E-state index is 12.9. The highest BCUT2D eigenvalue weighted by Gasteiger charge is 2.14. The third-order valence-corrected chi connectivity index (χ3v) is 5.32. The Morgan fingerprint density at radius 2 is 1.80 bits per heavy atom. The Kier molecular flexibility index (Phi) is 5.53. The Balaban J connectivity index is 1.53. The van der Waals surface area contributed by atoms with Crippen molar-refractivity contribution in [1.82, 2.24) is 15.1 Å². The molecule has 0 radical (unpaired) electrons. The fourth-order valence-electron chi connectivity index (χ4n) is 3.46. The second-order valence-corrected chi connectivity index (χ2v) is 7.53. The Morgan fingerprint density at radius 3 is 2.50 bits per heavy atom. The lowest BCUT2D eigenvalue weighted by Gasteiger charge is -2.15. The Morgan fingerprint density at radius 1 is 1.07 bits per heavy atom. The molecule has 3 aromatic carbocycles. The molecular formula is C25H25N3O2. The highest BCUT2D eigenvalue weighted by Crippen LogP contribution is 2.20. The van der Waals surface area contributed by atoms with Crippen molar-refractivity contribution in [2.75, 3.05) is 7.11 Å². The summed E-state index contributed by atoms with van der Waals surface area (Å²) in [5, 5.41) is 8.60. The van der Waals surface area contributed by atoms with Gasteiger partial charge in [-0.15, -0.1) is 0 Å². The van der Waals surface area contributed by atoms with E-state index >= 15 is 0 Å². The lowest BCUT2D eigenvalue weighted by Crippen LogP contribution is -2.26. The van der Waals surface area contributed by atoms with E-state index in [2.05, 4.69) is 41.6 Å². The molecule has 0 aliphatic heterocycles. The molecule has 0 saturated heterocycles. The van der Waals surface area contributed by atoms with Crippen LogP contribution >= 0.6 is 0 Å². The van der Waals surface area contributed by atoms with Gasteiger partial charge < -0.3 is 10.1 Å². The molecule has 0 bridgehead atoms. The van der Waals surface area contributed by atoms with Gasteiger partial charge in [0.05, 0.1) is 31.4 Å². The number of rotatable bonds is 6. The van der Waals surface area contributed by atoms with E-state index in [1.165, 1.54) is 11.1 Å². The van der Waals surface area contributed by atoms with Gasteiger partial charge in [0.2, 0.25) is 0 Å². The lowest BCUT2D eigenvalue weighted by molar-refractivity contribution is 0.0940. The van der Waals surface area contributed by atoms with E-state index in [1.54, 1.807) is 7.11 Å². The summed E-state index contributed by atoms with van der Waals surface area (Å²) in [5.74, 6) is 0.688. The normalized spacial score (nSPS) is 12.0. The van der Waals surface area contributed by atoms with E-state index < -0.39 is 0 Å². The van der Waals surface area contributed by atoms with Crippen LogP contribution in [0.1, 0.15) is 40.0 Å². The molecule has 4 aromatic rings. The molecule has 5 heteroatoms. The number of nitrogens with zero attached hydrogens (tertiary/aromatic N) is 2. The first-order valence-corrected chi connectivity index (χ1v) is 9.99. The van der Waals surface area contributed by atoms with E-state index in [4.69, 9.17) is 4.74 Å². The second kappa shape index (κ2) is 8.41. The molecule has 0 aliphatic rings. The van der Waals surface area contributed by atoms with Crippen molar-refractivity contribution in [3.63, 3.8) is 0 Å². The number of benzene rings is 3. The summed E-state index contributed by atoms with van der Waals surface area (Å²) in [6, 6.07) is 21.7. The number of fused-ring (bicyclic) bond motifs is 1. The number of aromatic nitrogens is 2. The average Bonchev–Trinajstić information content (AvgIpc) is 3.17. The van der Waals surface area contributed by atoms with Gasteiger partial charge in [-0.2, -0.15) is 5.10 Å². The van der Waals surface area contributed by atoms with E-state index in [0.29, 0.717) is 12.1 Å². The van der Waals surface area contributed by atoms with Gasteiger partial charge in [-0.1, -0.05) is 48.0 Å². The van der Waals surface area contributed by atoms with Crippen molar-refractivity contribution in [2.45, 2.75) is 26.4 Å². The Labute approximate surface area is 176 Å². The summed E-state index contributed by atoms with van der Waals surface area (Å²) in [5.41, 5.74) is 4.99. The standard InChI is InChI=1S/C25H25N3O2/c1-17-4-6-19(7-5-17)16-28-24-14-21(8-9-22(24)15-26-28)25(29)27-18(2)20-10-12-23(30-3)13-11-20/h4-15,18H,16H2,1-3H3,(H,27,29)/t18-/m1/s1. The first-order chi connectivity index (χ1) is 14.5. The van der Waals surface area contributed by atoms with Crippen molar-refractivity contribution < 1.29 is 9.53 Å². The molecule has 1 heterocycles. The molecule has 30 heavy (non-hydrogen) atoms. The van der Waals surface area contributed by atoms with Crippen molar-refractivity contribution in [3.05, 3.63) is 95.2 Å². The molecule has 1 aromatic heterocycles. The van der Waals surface area contributed by atoms with E-state index in [1.807, 2.05) is 60.3 Å². The molecule has 4 rings (SSSR count). The van der Waals surface area contributed by atoms with Crippen LogP contribution in [0.25, 0.3) is 10.9 Å². The van der Waals surface area contributed by atoms with Crippen LogP contribution in [0, 0.1) is 6.92 Å². The Hall–Kier alpha value is -3.60. The number of hydrogen-bond acceptors (Lipinski definition) is 3. The molecule has 0 unspecified atom stereocenters. The summed E-state index contributed by atoms with van der Waals surface area (Å²) in [6.45, 7) is 4.71. The third-order valence-electron chi connectivity index (χ3n) is 5.32. The van der Waals surface area contributed by atoms with Crippen LogP contribution in [-0.2, 0) is 6.54 Å². The van der Waals surface area contributed by atoms with Crippen LogP contribution in [0.4, 0.5) is 0 Å². The molecule has 0 fully saturated rings. The van der Waals surface area contributed by atoms with Crippen molar-refractivity contribution >= 4 is 16.8 Å². The molecule has 0 aliphatic carbocycles. The van der Waals surface area contributed by atoms with Gasteiger partial charge in [0.15, 0.2) is 0 Å². The molecule has 0 spiro atoms. The SMILES string of the molecule is COc1ccc([C@@H](C)NC(=O)c2ccc3cnn(Cc4ccc(C)cc4)c3c2)cc1. The molecule has 0 saturated carbocycles. The predicted molar refractivity (Wildman–Crippen MR) is 119 cm³/mol. The maximum absolute atomic E-state index is 12.9. The largest absolute Gasteiger partial charge is 0.497 e. The number of carbonyl (C=O) groups is 1. The number of ether oxygens (including phenoxy) is 1. The molecular weight excluding hydrogens is 374 g/mol. The van der Waals surface area contributed by atoms with Gasteiger partial charge in [-0.25, -0.2) is 0 Å². The van der Waals surface area contributed by atoms with Crippen LogP contribution in [0.3, 0.4) is 0 Å². The topological polar surface area (TPSA) is 56.1 Å². The minimum absolute atomic E-state index is 0.108. The zero-order valence-electron chi connectivity index (χ0n) is 17.4. The fourth-order valence-corrected chi connectivity index (χ4v) is 3.46. The van der Waals surface area contributed by atoms with Gasteiger partial charge >= 0.3 is 0 Å². The van der Waals surface area contributed by atoms with Crippen LogP contribution in [0.2, 0.25) is 0 Å².